The van der Waals surface area contributed by atoms with Gasteiger partial charge in [-0.1, -0.05) is 11.6 Å². The Morgan fingerprint density at radius 3 is 2.71 bits per heavy atom. The summed E-state index contributed by atoms with van der Waals surface area (Å²) in [6.45, 7) is 1.95. The third-order valence-electron chi connectivity index (χ3n) is 2.16. The van der Waals surface area contributed by atoms with Gasteiger partial charge in [-0.25, -0.2) is 4.79 Å². The molecule has 94 valence electrons. The largest absolute Gasteiger partial charge is 0.490 e. The van der Waals surface area contributed by atoms with Crippen LogP contribution in [-0.2, 0) is 4.74 Å². The van der Waals surface area contributed by atoms with E-state index in [-0.39, 0.29) is 24.5 Å². The fourth-order valence-electron chi connectivity index (χ4n) is 1.36. The van der Waals surface area contributed by atoms with Gasteiger partial charge in [0.2, 0.25) is 0 Å². The highest BCUT2D eigenvalue weighted by atomic mass is 16.5. The number of hydrogen-bond donors (Lipinski definition) is 2. The molecule has 0 saturated carbocycles. The van der Waals surface area contributed by atoms with Crippen molar-refractivity contribution in [1.82, 2.24) is 0 Å². The number of rotatable bonds is 6. The summed E-state index contributed by atoms with van der Waals surface area (Å²) in [5, 5.41) is 18.4. The van der Waals surface area contributed by atoms with Gasteiger partial charge < -0.3 is 19.7 Å². The van der Waals surface area contributed by atoms with Crippen LogP contribution in [0.5, 0.6) is 5.75 Å². The molecule has 1 rings (SSSR count). The number of aromatic carboxylic acids is 1. The summed E-state index contributed by atoms with van der Waals surface area (Å²) in [6.07, 6.45) is -0.775. The number of methoxy groups -OCH3 is 1. The number of carbonyl (C=O) groups is 1. The average Bonchev–Trinajstić information content (AvgIpc) is 2.27. The molecule has 0 saturated heterocycles. The molecule has 17 heavy (non-hydrogen) atoms. The Hall–Kier alpha value is -1.59. The first kappa shape index (κ1) is 13.5. The van der Waals surface area contributed by atoms with Crippen LogP contribution in [-0.4, -0.2) is 42.6 Å². The van der Waals surface area contributed by atoms with E-state index in [9.17, 15) is 9.90 Å². The minimum absolute atomic E-state index is 0.00280. The van der Waals surface area contributed by atoms with E-state index >= 15 is 0 Å². The molecule has 2 N–H and O–H groups in total. The molecule has 0 amide bonds. The maximum absolute atomic E-state index is 11.0. The lowest BCUT2D eigenvalue weighted by Crippen LogP contribution is -2.23. The van der Waals surface area contributed by atoms with Crippen LogP contribution < -0.4 is 4.74 Å². The predicted octanol–water partition coefficient (Wildman–Crippen LogP) is 1.08. The van der Waals surface area contributed by atoms with E-state index in [1.165, 1.54) is 13.2 Å². The summed E-state index contributed by atoms with van der Waals surface area (Å²) in [4.78, 5) is 11.0. The van der Waals surface area contributed by atoms with Gasteiger partial charge in [0.15, 0.2) is 0 Å². The van der Waals surface area contributed by atoms with Crippen molar-refractivity contribution < 1.29 is 24.5 Å². The molecule has 0 fully saturated rings. The Balaban J connectivity index is 2.73. The summed E-state index contributed by atoms with van der Waals surface area (Å²) >= 11 is 0. The normalized spacial score (nSPS) is 12.2. The molecule has 0 aliphatic carbocycles. The van der Waals surface area contributed by atoms with E-state index < -0.39 is 12.1 Å². The summed E-state index contributed by atoms with van der Waals surface area (Å²) in [6, 6.07) is 4.86. The maximum atomic E-state index is 11.0. The smallest absolute Gasteiger partial charge is 0.339 e. The van der Waals surface area contributed by atoms with Crippen molar-refractivity contribution in [1.29, 1.82) is 0 Å². The molecule has 1 aromatic carbocycles. The number of hydrogen-bond acceptors (Lipinski definition) is 4. The fraction of sp³-hybridized carbons (Fsp3) is 0.417. The average molecular weight is 240 g/mol. The topological polar surface area (TPSA) is 76.0 Å². The Morgan fingerprint density at radius 2 is 2.12 bits per heavy atom. The molecule has 0 spiro atoms. The van der Waals surface area contributed by atoms with Crippen molar-refractivity contribution in [2.24, 2.45) is 0 Å². The van der Waals surface area contributed by atoms with Crippen LogP contribution in [0.25, 0.3) is 0 Å². The van der Waals surface area contributed by atoms with E-state index in [0.717, 1.165) is 5.56 Å². The van der Waals surface area contributed by atoms with E-state index in [1.807, 2.05) is 0 Å². The highest BCUT2D eigenvalue weighted by Crippen LogP contribution is 2.20. The van der Waals surface area contributed by atoms with E-state index in [2.05, 4.69) is 0 Å². The number of carboxylic acids is 1. The molecule has 0 radical (unpaired) electrons. The monoisotopic (exact) mass is 240 g/mol. The van der Waals surface area contributed by atoms with E-state index in [0.29, 0.717) is 0 Å². The third kappa shape index (κ3) is 4.05. The van der Waals surface area contributed by atoms with Crippen molar-refractivity contribution in [2.75, 3.05) is 20.3 Å². The minimum atomic E-state index is -1.05. The molecule has 0 aliphatic heterocycles. The van der Waals surface area contributed by atoms with E-state index in [4.69, 9.17) is 14.6 Å². The van der Waals surface area contributed by atoms with Gasteiger partial charge in [0, 0.05) is 7.11 Å². The first-order valence-electron chi connectivity index (χ1n) is 5.18. The summed E-state index contributed by atoms with van der Waals surface area (Å²) in [7, 11) is 1.47. The van der Waals surface area contributed by atoms with Crippen LogP contribution >= 0.6 is 0 Å². The molecular weight excluding hydrogens is 224 g/mol. The molecule has 1 unspecified atom stereocenters. The Morgan fingerprint density at radius 1 is 1.41 bits per heavy atom. The molecule has 0 aliphatic rings. The number of benzene rings is 1. The number of ether oxygens (including phenoxy) is 2. The lowest BCUT2D eigenvalue weighted by molar-refractivity contribution is 0.0319. The highest BCUT2D eigenvalue weighted by Gasteiger charge is 2.13. The standard InChI is InChI=1S/C12H16O5/c1-8-3-4-11(10(5-8)12(14)15)17-7-9(13)6-16-2/h3-5,9,13H,6-7H2,1-2H3,(H,14,15). The van der Waals surface area contributed by atoms with Crippen LogP contribution in [0, 0.1) is 6.92 Å². The third-order valence-corrected chi connectivity index (χ3v) is 2.16. The van der Waals surface area contributed by atoms with Gasteiger partial charge in [-0.15, -0.1) is 0 Å². The summed E-state index contributed by atoms with van der Waals surface area (Å²) < 4.78 is 10.00. The highest BCUT2D eigenvalue weighted by molar-refractivity contribution is 5.91. The van der Waals surface area contributed by atoms with Crippen molar-refractivity contribution in [3.05, 3.63) is 29.3 Å². The van der Waals surface area contributed by atoms with Crippen molar-refractivity contribution in [2.45, 2.75) is 13.0 Å². The lowest BCUT2D eigenvalue weighted by Gasteiger charge is -2.13. The van der Waals surface area contributed by atoms with Crippen LogP contribution in [0.1, 0.15) is 15.9 Å². The summed E-state index contributed by atoms with van der Waals surface area (Å²) in [5.74, 6) is -0.803. The van der Waals surface area contributed by atoms with Crippen molar-refractivity contribution in [3.63, 3.8) is 0 Å². The number of aliphatic hydroxyl groups excluding tert-OH is 1. The van der Waals surface area contributed by atoms with Crippen molar-refractivity contribution in [3.8, 4) is 5.75 Å². The van der Waals surface area contributed by atoms with Crippen molar-refractivity contribution >= 4 is 5.97 Å². The van der Waals surface area contributed by atoms with Crippen LogP contribution in [0.4, 0.5) is 0 Å². The SMILES string of the molecule is COCC(O)COc1ccc(C)cc1C(=O)O. The second-order valence-corrected chi connectivity index (χ2v) is 3.72. The van der Waals surface area contributed by atoms with Gasteiger partial charge in [0.1, 0.15) is 24.0 Å². The molecule has 1 aromatic rings. The maximum Gasteiger partial charge on any atom is 0.339 e. The first-order valence-corrected chi connectivity index (χ1v) is 5.18. The van der Waals surface area contributed by atoms with Crippen LogP contribution in [0.2, 0.25) is 0 Å². The Bertz CT molecular complexity index is 388. The molecule has 5 heteroatoms. The van der Waals surface area contributed by atoms with Gasteiger partial charge in [0.25, 0.3) is 0 Å². The quantitative estimate of drug-likeness (QED) is 0.778. The van der Waals surface area contributed by atoms with Gasteiger partial charge in [-0.2, -0.15) is 0 Å². The second-order valence-electron chi connectivity index (χ2n) is 3.72. The van der Waals surface area contributed by atoms with Gasteiger partial charge in [-0.3, -0.25) is 0 Å². The molecule has 1 atom stereocenters. The minimum Gasteiger partial charge on any atom is -0.490 e. The number of carboxylic acid groups (broad SMARTS) is 1. The molecule has 0 heterocycles. The zero-order valence-electron chi connectivity index (χ0n) is 9.84. The first-order chi connectivity index (χ1) is 8.04. The van der Waals surface area contributed by atoms with Gasteiger partial charge in [-0.05, 0) is 19.1 Å². The molecule has 0 aromatic heterocycles. The van der Waals surface area contributed by atoms with Gasteiger partial charge in [0.05, 0.1) is 6.61 Å². The van der Waals surface area contributed by atoms with Crippen LogP contribution in [0.15, 0.2) is 18.2 Å². The predicted molar refractivity (Wildman–Crippen MR) is 61.5 cm³/mol. The lowest BCUT2D eigenvalue weighted by atomic mass is 10.1. The van der Waals surface area contributed by atoms with E-state index in [1.54, 1.807) is 19.1 Å². The Labute approximate surface area is 99.6 Å². The zero-order valence-corrected chi connectivity index (χ0v) is 9.84. The second kappa shape index (κ2) is 6.22. The van der Waals surface area contributed by atoms with Crippen LogP contribution in [0.3, 0.4) is 0 Å². The molecule has 5 nitrogen and oxygen atoms in total. The fourth-order valence-corrected chi connectivity index (χ4v) is 1.36. The van der Waals surface area contributed by atoms with Gasteiger partial charge >= 0.3 is 5.97 Å². The molecule has 0 bridgehead atoms. The Kier molecular flexibility index (Phi) is 4.93. The number of aryl methyl sites for hydroxylation is 1. The molecular formula is C12H16O5. The number of aliphatic hydroxyl groups is 1. The zero-order chi connectivity index (χ0) is 12.8. The summed E-state index contributed by atoms with van der Waals surface area (Å²) in [5.41, 5.74) is 0.932.